The molecule has 1 saturated heterocycles. The van der Waals surface area contributed by atoms with Crippen molar-refractivity contribution in [3.63, 3.8) is 0 Å². The lowest BCUT2D eigenvalue weighted by Crippen LogP contribution is -2.46. The molecule has 0 amide bonds. The molecule has 1 N–H and O–H groups in total. The van der Waals surface area contributed by atoms with E-state index in [0.29, 0.717) is 6.54 Å². The highest BCUT2D eigenvalue weighted by atomic mass is 16.1. The van der Waals surface area contributed by atoms with E-state index in [2.05, 4.69) is 46.4 Å². The molecule has 25 heavy (non-hydrogen) atoms. The monoisotopic (exact) mass is 340 g/mol. The van der Waals surface area contributed by atoms with E-state index < -0.39 is 0 Å². The zero-order valence-electron chi connectivity index (χ0n) is 15.1. The Hall–Kier alpha value is -1.69. The minimum Gasteiger partial charge on any atom is -0.311 e. The summed E-state index contributed by atoms with van der Waals surface area (Å²) in [5, 5.41) is 4.68. The van der Waals surface area contributed by atoms with Crippen LogP contribution in [-0.2, 0) is 19.5 Å². The predicted molar refractivity (Wildman–Crippen MR) is 102 cm³/mol. The molecule has 0 aliphatic carbocycles. The van der Waals surface area contributed by atoms with Crippen LogP contribution in [0.4, 0.5) is 0 Å². The van der Waals surface area contributed by atoms with Gasteiger partial charge in [-0.3, -0.25) is 9.69 Å². The van der Waals surface area contributed by atoms with Gasteiger partial charge in [0.05, 0.1) is 5.52 Å². The highest BCUT2D eigenvalue weighted by molar-refractivity contribution is 5.83. The van der Waals surface area contributed by atoms with Crippen LogP contribution < -0.4 is 10.9 Å². The summed E-state index contributed by atoms with van der Waals surface area (Å²) in [6.45, 7) is 8.08. The molecule has 0 spiro atoms. The third kappa shape index (κ3) is 3.50. The van der Waals surface area contributed by atoms with Crippen LogP contribution in [0.15, 0.2) is 29.1 Å². The number of aromatic nitrogens is 1. The van der Waals surface area contributed by atoms with Crippen LogP contribution in [-0.4, -0.2) is 60.7 Å². The van der Waals surface area contributed by atoms with Crippen molar-refractivity contribution in [1.82, 2.24) is 19.7 Å². The second-order valence-electron chi connectivity index (χ2n) is 7.41. The van der Waals surface area contributed by atoms with Crippen LogP contribution in [0.2, 0.25) is 0 Å². The van der Waals surface area contributed by atoms with Gasteiger partial charge in [-0.25, -0.2) is 0 Å². The van der Waals surface area contributed by atoms with Gasteiger partial charge in [-0.1, -0.05) is 18.2 Å². The van der Waals surface area contributed by atoms with Crippen LogP contribution in [0.3, 0.4) is 0 Å². The fourth-order valence-corrected chi connectivity index (χ4v) is 4.08. The lowest BCUT2D eigenvalue weighted by molar-refractivity contribution is 0.154. The molecule has 0 saturated carbocycles. The average molecular weight is 340 g/mol. The molecule has 2 aliphatic rings. The van der Waals surface area contributed by atoms with E-state index in [-0.39, 0.29) is 5.56 Å². The Kier molecular flexibility index (Phi) is 4.88. The van der Waals surface area contributed by atoms with E-state index in [4.69, 9.17) is 0 Å². The summed E-state index contributed by atoms with van der Waals surface area (Å²) < 4.78 is 1.99. The third-order valence-electron chi connectivity index (χ3n) is 5.61. The van der Waals surface area contributed by atoms with Gasteiger partial charge in [-0.05, 0) is 36.9 Å². The molecule has 3 heterocycles. The molecule has 1 fully saturated rings. The lowest BCUT2D eigenvalue weighted by atomic mass is 10.00. The Labute approximate surface area is 149 Å². The van der Waals surface area contributed by atoms with Crippen LogP contribution in [0.25, 0.3) is 10.9 Å². The highest BCUT2D eigenvalue weighted by Crippen LogP contribution is 2.23. The molecule has 2 aliphatic heterocycles. The standard InChI is InChI=1S/C20H28N4O/c1-22-10-12-23(13-11-22)9-7-21-15-18-14-17-5-2-4-16-6-3-8-24(19(16)17)20(18)25/h2,4-5,14,21H,3,6-13,15H2,1H3. The maximum atomic E-state index is 12.8. The number of hydrogen-bond acceptors (Lipinski definition) is 4. The number of nitrogens with one attached hydrogen (secondary N) is 1. The predicted octanol–water partition coefficient (Wildman–Crippen LogP) is 1.28. The van der Waals surface area contributed by atoms with Gasteiger partial charge in [-0.2, -0.15) is 0 Å². The minimum atomic E-state index is 0.187. The zero-order chi connectivity index (χ0) is 17.2. The summed E-state index contributed by atoms with van der Waals surface area (Å²) in [4.78, 5) is 17.7. The zero-order valence-corrected chi connectivity index (χ0v) is 15.1. The Morgan fingerprint density at radius 3 is 2.80 bits per heavy atom. The molecule has 0 atom stereocenters. The number of para-hydroxylation sites is 1. The highest BCUT2D eigenvalue weighted by Gasteiger charge is 2.16. The first-order valence-corrected chi connectivity index (χ1v) is 9.48. The fraction of sp³-hybridized carbons (Fsp3) is 0.550. The van der Waals surface area contributed by atoms with Gasteiger partial charge in [0.2, 0.25) is 0 Å². The quantitative estimate of drug-likeness (QED) is 0.833. The SMILES string of the molecule is CN1CCN(CCNCc2cc3cccc4c3n(c2=O)CCC4)CC1. The molecule has 1 aromatic heterocycles. The van der Waals surface area contributed by atoms with Crippen molar-refractivity contribution in [2.75, 3.05) is 46.3 Å². The van der Waals surface area contributed by atoms with E-state index >= 15 is 0 Å². The Morgan fingerprint density at radius 2 is 1.96 bits per heavy atom. The molecule has 5 heteroatoms. The molecule has 4 rings (SSSR count). The van der Waals surface area contributed by atoms with Gasteiger partial charge in [-0.15, -0.1) is 0 Å². The molecule has 2 aromatic rings. The van der Waals surface area contributed by atoms with Crippen LogP contribution in [0.5, 0.6) is 0 Å². The average Bonchev–Trinajstić information content (AvgIpc) is 2.64. The van der Waals surface area contributed by atoms with Gasteiger partial charge in [0.15, 0.2) is 0 Å². The number of piperazine rings is 1. The Morgan fingerprint density at radius 1 is 1.12 bits per heavy atom. The van der Waals surface area contributed by atoms with Crippen LogP contribution in [0, 0.1) is 0 Å². The minimum absolute atomic E-state index is 0.187. The molecule has 0 unspecified atom stereocenters. The Bertz CT molecular complexity index is 805. The molecule has 1 aromatic carbocycles. The van der Waals surface area contributed by atoms with Crippen molar-refractivity contribution in [3.05, 3.63) is 45.7 Å². The number of likely N-dealkylation sites (N-methyl/N-ethyl adjacent to an activating group) is 1. The maximum Gasteiger partial charge on any atom is 0.255 e. The molecule has 5 nitrogen and oxygen atoms in total. The van der Waals surface area contributed by atoms with Crippen molar-refractivity contribution in [2.24, 2.45) is 0 Å². The van der Waals surface area contributed by atoms with Crippen molar-refractivity contribution >= 4 is 10.9 Å². The van der Waals surface area contributed by atoms with Gasteiger partial charge in [0.1, 0.15) is 0 Å². The Balaban J connectivity index is 1.42. The second kappa shape index (κ2) is 7.28. The summed E-state index contributed by atoms with van der Waals surface area (Å²) >= 11 is 0. The summed E-state index contributed by atoms with van der Waals surface area (Å²) in [7, 11) is 2.18. The fourth-order valence-electron chi connectivity index (χ4n) is 4.08. The molecule has 134 valence electrons. The first-order chi connectivity index (χ1) is 12.2. The maximum absolute atomic E-state index is 12.8. The normalized spacial score (nSPS) is 18.8. The summed E-state index contributed by atoms with van der Waals surface area (Å²) in [6.07, 6.45) is 2.14. The van der Waals surface area contributed by atoms with Crippen LogP contribution >= 0.6 is 0 Å². The van der Waals surface area contributed by atoms with E-state index in [0.717, 1.165) is 69.7 Å². The van der Waals surface area contributed by atoms with Gasteiger partial charge in [0.25, 0.3) is 5.56 Å². The number of hydrogen-bond donors (Lipinski definition) is 1. The van der Waals surface area contributed by atoms with Crippen molar-refractivity contribution in [3.8, 4) is 0 Å². The summed E-state index contributed by atoms with van der Waals surface area (Å²) in [5.74, 6) is 0. The van der Waals surface area contributed by atoms with Crippen molar-refractivity contribution in [1.29, 1.82) is 0 Å². The van der Waals surface area contributed by atoms with Crippen molar-refractivity contribution < 1.29 is 0 Å². The topological polar surface area (TPSA) is 40.5 Å². The number of benzene rings is 1. The number of aryl methyl sites for hydroxylation is 2. The number of pyridine rings is 1. The number of nitrogens with zero attached hydrogens (tertiary/aromatic N) is 3. The molecular formula is C20H28N4O. The van der Waals surface area contributed by atoms with E-state index in [9.17, 15) is 4.79 Å². The smallest absolute Gasteiger partial charge is 0.255 e. The van der Waals surface area contributed by atoms with E-state index in [1.54, 1.807) is 0 Å². The van der Waals surface area contributed by atoms with Gasteiger partial charge in [0, 0.05) is 57.9 Å². The second-order valence-corrected chi connectivity index (χ2v) is 7.41. The molecular weight excluding hydrogens is 312 g/mol. The first-order valence-electron chi connectivity index (χ1n) is 9.48. The van der Waals surface area contributed by atoms with Crippen LogP contribution in [0.1, 0.15) is 17.5 Å². The summed E-state index contributed by atoms with van der Waals surface area (Å²) in [6, 6.07) is 8.49. The molecule has 0 radical (unpaired) electrons. The van der Waals surface area contributed by atoms with Crippen molar-refractivity contribution in [2.45, 2.75) is 25.9 Å². The van der Waals surface area contributed by atoms with Gasteiger partial charge >= 0.3 is 0 Å². The largest absolute Gasteiger partial charge is 0.311 e. The van der Waals surface area contributed by atoms with Gasteiger partial charge < -0.3 is 14.8 Å². The first kappa shape index (κ1) is 16.8. The van der Waals surface area contributed by atoms with E-state index in [1.807, 2.05) is 4.57 Å². The number of rotatable bonds is 5. The lowest BCUT2D eigenvalue weighted by Gasteiger charge is -2.32. The third-order valence-corrected chi connectivity index (χ3v) is 5.61. The molecule has 0 bridgehead atoms. The summed E-state index contributed by atoms with van der Waals surface area (Å²) in [5.41, 5.74) is 3.55. The van der Waals surface area contributed by atoms with E-state index in [1.165, 1.54) is 10.9 Å².